The molecule has 1 unspecified atom stereocenters. The minimum Gasteiger partial charge on any atom is -0.272 e. The van der Waals surface area contributed by atoms with E-state index in [1.807, 2.05) is 36.0 Å². The smallest absolute Gasteiger partial charge is 0.0923 e. The summed E-state index contributed by atoms with van der Waals surface area (Å²) in [5.41, 5.74) is 1.88. The highest BCUT2D eigenvalue weighted by atomic mass is 32.2. The van der Waals surface area contributed by atoms with Crippen molar-refractivity contribution < 1.29 is 4.21 Å². The highest BCUT2D eigenvalue weighted by Crippen LogP contribution is 2.20. The highest BCUT2D eigenvalue weighted by molar-refractivity contribution is 7.92. The average Bonchev–Trinajstić information content (AvgIpc) is 2.87. The van der Waals surface area contributed by atoms with Gasteiger partial charge in [-0.05, 0) is 25.1 Å². The lowest BCUT2D eigenvalue weighted by Crippen LogP contribution is -2.01. The first-order chi connectivity index (χ1) is 8.56. The Bertz CT molecular complexity index is 627. The molecule has 0 aliphatic carbocycles. The molecule has 0 amide bonds. The molecule has 0 bridgehead atoms. The molecular weight excluding hydrogens is 246 g/mol. The number of hydrogen-bond donors (Lipinski definition) is 1. The lowest BCUT2D eigenvalue weighted by Gasteiger charge is -2.05. The Balaban J connectivity index is 2.33. The van der Waals surface area contributed by atoms with Crippen molar-refractivity contribution in [1.29, 1.82) is 4.78 Å². The molecule has 96 valence electrons. The summed E-state index contributed by atoms with van der Waals surface area (Å²) in [5.74, 6) is 0.344. The van der Waals surface area contributed by atoms with Gasteiger partial charge in [-0.1, -0.05) is 19.1 Å². The van der Waals surface area contributed by atoms with Crippen LogP contribution in [0.15, 0.2) is 41.4 Å². The Labute approximate surface area is 108 Å². The largest absolute Gasteiger partial charge is 0.272 e. The molecule has 1 heterocycles. The average molecular weight is 263 g/mol. The first kappa shape index (κ1) is 12.8. The Morgan fingerprint density at radius 1 is 1.22 bits per heavy atom. The van der Waals surface area contributed by atoms with Gasteiger partial charge >= 0.3 is 0 Å². The number of nitrogens with one attached hydrogen (secondary N) is 1. The van der Waals surface area contributed by atoms with Gasteiger partial charge in [-0.15, -0.1) is 0 Å². The Morgan fingerprint density at radius 3 is 2.39 bits per heavy atom. The summed E-state index contributed by atoms with van der Waals surface area (Å²) >= 11 is 0. The second-order valence-electron chi connectivity index (χ2n) is 4.04. The van der Waals surface area contributed by atoms with Crippen molar-refractivity contribution in [1.82, 2.24) is 9.78 Å². The third kappa shape index (κ3) is 2.46. The molecule has 0 radical (unpaired) electrons. The normalized spacial score (nSPS) is 14.3. The first-order valence-electron chi connectivity index (χ1n) is 5.97. The van der Waals surface area contributed by atoms with Gasteiger partial charge in [0.25, 0.3) is 0 Å². The molecule has 4 nitrogen and oxygen atoms in total. The van der Waals surface area contributed by atoms with Crippen LogP contribution in [-0.2, 0) is 16.3 Å². The number of aryl methyl sites for hydroxylation is 1. The fraction of sp³-hybridized carbons (Fsp3) is 0.308. The van der Waals surface area contributed by atoms with E-state index in [4.69, 9.17) is 4.78 Å². The molecule has 18 heavy (non-hydrogen) atoms. The molecular formula is C13H17N3OS. The minimum absolute atomic E-state index is 0.344. The first-order valence-corrected chi connectivity index (χ1v) is 7.70. The van der Waals surface area contributed by atoms with Gasteiger partial charge in [-0.25, -0.2) is 8.99 Å². The van der Waals surface area contributed by atoms with Gasteiger partial charge in [0.05, 0.1) is 15.4 Å². The van der Waals surface area contributed by atoms with Crippen molar-refractivity contribution in [2.45, 2.75) is 25.3 Å². The second-order valence-corrected chi connectivity index (χ2v) is 6.44. The molecule has 1 aromatic heterocycles. The van der Waals surface area contributed by atoms with E-state index < -0.39 is 9.73 Å². The van der Waals surface area contributed by atoms with E-state index >= 15 is 0 Å². The number of rotatable bonds is 4. The predicted molar refractivity (Wildman–Crippen MR) is 73.0 cm³/mol. The van der Waals surface area contributed by atoms with Crippen LogP contribution in [0, 0.1) is 4.78 Å². The molecule has 2 aromatic rings. The van der Waals surface area contributed by atoms with Crippen molar-refractivity contribution in [3.8, 4) is 11.3 Å². The number of nitrogens with zero attached hydrogens (tertiary/aromatic N) is 2. The summed E-state index contributed by atoms with van der Waals surface area (Å²) in [4.78, 5) is 0.587. The van der Waals surface area contributed by atoms with Gasteiger partial charge in [-0.3, -0.25) is 4.68 Å². The lowest BCUT2D eigenvalue weighted by atomic mass is 10.2. The van der Waals surface area contributed by atoms with Crippen LogP contribution in [0.2, 0.25) is 0 Å². The fourth-order valence-corrected chi connectivity index (χ4v) is 2.61. The van der Waals surface area contributed by atoms with Crippen LogP contribution in [0.4, 0.5) is 0 Å². The van der Waals surface area contributed by atoms with Gasteiger partial charge in [0.15, 0.2) is 0 Å². The van der Waals surface area contributed by atoms with Crippen molar-refractivity contribution in [2.24, 2.45) is 0 Å². The van der Waals surface area contributed by atoms with E-state index in [0.29, 0.717) is 10.6 Å². The summed E-state index contributed by atoms with van der Waals surface area (Å²) < 4.78 is 21.5. The summed E-state index contributed by atoms with van der Waals surface area (Å²) in [6.07, 6.45) is 1.93. The molecule has 0 fully saturated rings. The van der Waals surface area contributed by atoms with Crippen LogP contribution >= 0.6 is 0 Å². The molecule has 0 saturated carbocycles. The van der Waals surface area contributed by atoms with Crippen molar-refractivity contribution in [3.63, 3.8) is 0 Å². The Morgan fingerprint density at radius 2 is 1.89 bits per heavy atom. The third-order valence-corrected chi connectivity index (χ3v) is 4.75. The standard InChI is InChI=1S/C13H17N3OS/c1-3-16-10-9-13(15-16)11-5-7-12(8-6-11)18(14,17)4-2/h5-10,14H,3-4H2,1-2H3. The van der Waals surface area contributed by atoms with Gasteiger partial charge in [0.1, 0.15) is 0 Å². The van der Waals surface area contributed by atoms with E-state index in [2.05, 4.69) is 5.10 Å². The quantitative estimate of drug-likeness (QED) is 0.921. The summed E-state index contributed by atoms with van der Waals surface area (Å²) in [6, 6.07) is 9.23. The maximum Gasteiger partial charge on any atom is 0.0923 e. The summed E-state index contributed by atoms with van der Waals surface area (Å²) in [6.45, 7) is 4.65. The highest BCUT2D eigenvalue weighted by Gasteiger charge is 2.08. The van der Waals surface area contributed by atoms with Crippen molar-refractivity contribution in [2.75, 3.05) is 5.75 Å². The zero-order valence-electron chi connectivity index (χ0n) is 10.6. The third-order valence-electron chi connectivity index (χ3n) is 2.90. The molecule has 1 aromatic carbocycles. The fourth-order valence-electron chi connectivity index (χ4n) is 1.70. The monoisotopic (exact) mass is 263 g/mol. The minimum atomic E-state index is -2.62. The number of hydrogen-bond acceptors (Lipinski definition) is 3. The molecule has 0 spiro atoms. The van der Waals surface area contributed by atoms with Gasteiger partial charge in [0, 0.05) is 29.0 Å². The molecule has 2 rings (SSSR count). The SMILES string of the molecule is CCn1ccc(-c2ccc(S(=N)(=O)CC)cc2)n1. The molecule has 1 N–H and O–H groups in total. The van der Waals surface area contributed by atoms with Crippen LogP contribution in [0.1, 0.15) is 13.8 Å². The zero-order valence-corrected chi connectivity index (χ0v) is 11.4. The van der Waals surface area contributed by atoms with Crippen LogP contribution in [0.25, 0.3) is 11.3 Å². The predicted octanol–water partition coefficient (Wildman–Crippen LogP) is 3.00. The molecule has 5 heteroatoms. The molecule has 1 atom stereocenters. The lowest BCUT2D eigenvalue weighted by molar-refractivity contribution is 0.662. The van der Waals surface area contributed by atoms with Crippen LogP contribution in [-0.4, -0.2) is 19.7 Å². The van der Waals surface area contributed by atoms with Crippen molar-refractivity contribution in [3.05, 3.63) is 36.5 Å². The van der Waals surface area contributed by atoms with Gasteiger partial charge in [-0.2, -0.15) is 5.10 Å². The van der Waals surface area contributed by atoms with Crippen LogP contribution in [0.3, 0.4) is 0 Å². The zero-order chi connectivity index (χ0) is 13.2. The molecule has 0 saturated heterocycles. The Hall–Kier alpha value is -1.62. The summed E-state index contributed by atoms with van der Waals surface area (Å²) in [5, 5.41) is 4.41. The number of aromatic nitrogens is 2. The maximum absolute atomic E-state index is 11.9. The molecule has 0 aliphatic rings. The summed E-state index contributed by atoms with van der Waals surface area (Å²) in [7, 11) is -2.62. The van der Waals surface area contributed by atoms with E-state index in [9.17, 15) is 4.21 Å². The van der Waals surface area contributed by atoms with Crippen LogP contribution in [0.5, 0.6) is 0 Å². The number of benzene rings is 1. The van der Waals surface area contributed by atoms with E-state index in [1.54, 1.807) is 19.1 Å². The topological polar surface area (TPSA) is 58.7 Å². The van der Waals surface area contributed by atoms with E-state index in [1.165, 1.54) is 0 Å². The molecule has 0 aliphatic heterocycles. The maximum atomic E-state index is 11.9. The Kier molecular flexibility index (Phi) is 3.52. The van der Waals surface area contributed by atoms with Crippen molar-refractivity contribution >= 4 is 9.73 Å². The second kappa shape index (κ2) is 4.94. The van der Waals surface area contributed by atoms with Gasteiger partial charge < -0.3 is 0 Å². The van der Waals surface area contributed by atoms with E-state index in [0.717, 1.165) is 17.8 Å². The van der Waals surface area contributed by atoms with Gasteiger partial charge in [0.2, 0.25) is 0 Å². The van der Waals surface area contributed by atoms with Crippen LogP contribution < -0.4 is 0 Å². The van der Waals surface area contributed by atoms with E-state index in [-0.39, 0.29) is 0 Å².